The summed E-state index contributed by atoms with van der Waals surface area (Å²) in [6, 6.07) is 3.63. The van der Waals surface area contributed by atoms with E-state index in [4.69, 9.17) is 11.6 Å². The summed E-state index contributed by atoms with van der Waals surface area (Å²) in [6.45, 7) is 0. The minimum Gasteiger partial charge on any atom is -0.340 e. The smallest absolute Gasteiger partial charge is 0.340 e. The van der Waals surface area contributed by atoms with Crippen molar-refractivity contribution in [2.24, 2.45) is 11.4 Å². The molecule has 0 unspecified atom stereocenters. The zero-order valence-electron chi connectivity index (χ0n) is 16.1. The summed E-state index contributed by atoms with van der Waals surface area (Å²) in [5, 5.41) is 2.64. The van der Waals surface area contributed by atoms with Crippen LogP contribution in [0.25, 0.3) is 10.6 Å². The van der Waals surface area contributed by atoms with Crippen LogP contribution in [0.3, 0.4) is 0 Å². The zero-order valence-corrected chi connectivity index (χ0v) is 18.5. The fourth-order valence-corrected chi connectivity index (χ4v) is 4.66. The first kappa shape index (κ1) is 21.2. The number of hydrogen-bond donors (Lipinski definition) is 1. The minimum atomic E-state index is -4.16. The molecule has 0 spiro atoms. The molecule has 4 rings (SSSR count). The molecule has 1 amide bonds. The van der Waals surface area contributed by atoms with Gasteiger partial charge in [0.1, 0.15) is 22.2 Å². The maximum atomic E-state index is 13.3. The van der Waals surface area contributed by atoms with Crippen LogP contribution in [0.15, 0.2) is 53.1 Å². The first-order chi connectivity index (χ1) is 14.6. The number of anilines is 1. The van der Waals surface area contributed by atoms with E-state index in [1.54, 1.807) is 23.3 Å². The van der Waals surface area contributed by atoms with Gasteiger partial charge >= 0.3 is 10.2 Å². The number of nitrogens with zero attached hydrogens (tertiary/aromatic N) is 5. The van der Waals surface area contributed by atoms with E-state index in [2.05, 4.69) is 19.7 Å². The van der Waals surface area contributed by atoms with Gasteiger partial charge in [0.05, 0.1) is 21.9 Å². The van der Waals surface area contributed by atoms with Crippen molar-refractivity contribution < 1.29 is 17.6 Å². The number of imidazole rings is 1. The Hall–Kier alpha value is -3.09. The highest BCUT2D eigenvalue weighted by atomic mass is 35.5. The molecule has 1 aromatic carbocycles. The van der Waals surface area contributed by atoms with Crippen LogP contribution < -0.4 is 5.32 Å². The maximum absolute atomic E-state index is 13.3. The molecule has 31 heavy (non-hydrogen) atoms. The van der Waals surface area contributed by atoms with Crippen LogP contribution in [-0.2, 0) is 22.1 Å². The van der Waals surface area contributed by atoms with E-state index >= 15 is 0 Å². The molecule has 0 radical (unpaired) electrons. The van der Waals surface area contributed by atoms with Crippen molar-refractivity contribution in [1.82, 2.24) is 18.8 Å². The topological polar surface area (TPSA) is 110 Å². The monoisotopic (exact) mass is 480 g/mol. The van der Waals surface area contributed by atoms with Crippen LogP contribution in [0.4, 0.5) is 10.1 Å². The van der Waals surface area contributed by atoms with Gasteiger partial charge in [0.2, 0.25) is 0 Å². The number of aromatic nitrogens is 3. The third kappa shape index (κ3) is 4.22. The molecule has 0 fully saturated rings. The van der Waals surface area contributed by atoms with Crippen molar-refractivity contribution in [3.05, 3.63) is 64.5 Å². The fourth-order valence-electron chi connectivity index (χ4n) is 2.69. The summed E-state index contributed by atoms with van der Waals surface area (Å²) in [7, 11) is -1.12. The Morgan fingerprint density at radius 1 is 1.26 bits per heavy atom. The number of benzene rings is 1. The lowest BCUT2D eigenvalue weighted by atomic mass is 10.2. The summed E-state index contributed by atoms with van der Waals surface area (Å²) in [5.41, 5.74) is 0.726. The molecular formula is C18H14ClFN6O3S2. The zero-order chi connectivity index (χ0) is 22.3. The van der Waals surface area contributed by atoms with Crippen molar-refractivity contribution >= 4 is 50.5 Å². The maximum Gasteiger partial charge on any atom is 0.345 e. The van der Waals surface area contributed by atoms with E-state index in [0.29, 0.717) is 10.7 Å². The number of carbonyl (C=O) groups is 1. The molecule has 1 N–H and O–H groups in total. The Kier molecular flexibility index (Phi) is 5.37. The van der Waals surface area contributed by atoms with Crippen LogP contribution in [0.5, 0.6) is 0 Å². The number of halogens is 2. The van der Waals surface area contributed by atoms with Gasteiger partial charge in [-0.3, -0.25) is 4.79 Å². The molecule has 1 aliphatic heterocycles. The lowest BCUT2D eigenvalue weighted by molar-refractivity contribution is -0.113. The Bertz CT molecular complexity index is 1360. The standard InChI is InChI=1S/C18H14ClFN6O3S2/c1-25-8-14(22-9-25)16-7-21-18(30-16)13-6-15(26(2)31(28,29)24-13)17(27)23-10-3-4-12(20)11(19)5-10/h3-9H,1-2H3,(H,23,27). The van der Waals surface area contributed by atoms with Crippen molar-refractivity contribution in [3.63, 3.8) is 0 Å². The van der Waals surface area contributed by atoms with Gasteiger partial charge < -0.3 is 9.88 Å². The number of hydrogen-bond acceptors (Lipinski definition) is 6. The highest BCUT2D eigenvalue weighted by Gasteiger charge is 2.31. The van der Waals surface area contributed by atoms with Crippen LogP contribution in [-0.4, -0.2) is 45.9 Å². The summed E-state index contributed by atoms with van der Waals surface area (Å²) in [6.07, 6.45) is 6.32. The Morgan fingerprint density at radius 3 is 2.71 bits per heavy atom. The molecule has 0 bridgehead atoms. The molecule has 13 heteroatoms. The van der Waals surface area contributed by atoms with Crippen molar-refractivity contribution in [2.75, 3.05) is 12.4 Å². The first-order valence-electron chi connectivity index (χ1n) is 8.65. The highest BCUT2D eigenvalue weighted by molar-refractivity contribution is 7.88. The van der Waals surface area contributed by atoms with Gasteiger partial charge in [0.15, 0.2) is 0 Å². The molecule has 160 valence electrons. The van der Waals surface area contributed by atoms with Gasteiger partial charge in [-0.15, -0.1) is 15.7 Å². The van der Waals surface area contributed by atoms with Gasteiger partial charge in [-0.05, 0) is 24.3 Å². The van der Waals surface area contributed by atoms with E-state index in [9.17, 15) is 17.6 Å². The Morgan fingerprint density at radius 2 is 2.03 bits per heavy atom. The Balaban J connectivity index is 1.66. The lowest BCUT2D eigenvalue weighted by Gasteiger charge is -2.23. The average molecular weight is 481 g/mol. The number of aryl methyl sites for hydroxylation is 1. The van der Waals surface area contributed by atoms with Crippen LogP contribution in [0, 0.1) is 5.82 Å². The molecule has 0 saturated heterocycles. The van der Waals surface area contributed by atoms with Crippen LogP contribution in [0.2, 0.25) is 5.02 Å². The van der Waals surface area contributed by atoms with Crippen molar-refractivity contribution in [1.29, 1.82) is 0 Å². The SMILES string of the molecule is CN1C(C(=O)Nc2ccc(F)c(Cl)c2)=CC(c2ncc(-c3cn(C)cn3)s2)=NS1(=O)=O. The fraction of sp³-hybridized carbons (Fsp3) is 0.111. The van der Waals surface area contributed by atoms with Gasteiger partial charge in [-0.25, -0.2) is 18.7 Å². The molecular weight excluding hydrogens is 467 g/mol. The third-order valence-electron chi connectivity index (χ3n) is 4.26. The Labute approximate surface area is 185 Å². The number of carbonyl (C=O) groups excluding carboxylic acids is 1. The molecule has 2 aromatic heterocycles. The van der Waals surface area contributed by atoms with Crippen molar-refractivity contribution in [3.8, 4) is 10.6 Å². The van der Waals surface area contributed by atoms with E-state index in [-0.39, 0.29) is 22.1 Å². The first-order valence-corrected chi connectivity index (χ1v) is 11.2. The number of amides is 1. The van der Waals surface area contributed by atoms with Gasteiger partial charge in [-0.2, -0.15) is 8.42 Å². The van der Waals surface area contributed by atoms with E-state index in [1.165, 1.54) is 36.6 Å². The van der Waals surface area contributed by atoms with Gasteiger partial charge in [0, 0.05) is 32.2 Å². The van der Waals surface area contributed by atoms with E-state index in [0.717, 1.165) is 15.2 Å². The minimum absolute atomic E-state index is 0.0209. The number of allylic oxidation sites excluding steroid dienone is 1. The quantitative estimate of drug-likeness (QED) is 0.617. The molecule has 1 aliphatic rings. The summed E-state index contributed by atoms with van der Waals surface area (Å²) >= 11 is 6.93. The summed E-state index contributed by atoms with van der Waals surface area (Å²) < 4.78 is 44.7. The lowest BCUT2D eigenvalue weighted by Crippen LogP contribution is -2.35. The molecule has 9 nitrogen and oxygen atoms in total. The molecule has 3 heterocycles. The molecule has 0 saturated carbocycles. The number of nitrogens with one attached hydrogen (secondary N) is 1. The highest BCUT2D eigenvalue weighted by Crippen LogP contribution is 2.28. The second kappa shape index (κ2) is 7.87. The largest absolute Gasteiger partial charge is 0.345 e. The second-order valence-corrected chi connectivity index (χ2v) is 9.55. The predicted octanol–water partition coefficient (Wildman–Crippen LogP) is 2.84. The van der Waals surface area contributed by atoms with Crippen LogP contribution in [0.1, 0.15) is 5.01 Å². The summed E-state index contributed by atoms with van der Waals surface area (Å²) in [5.74, 6) is -1.37. The number of rotatable bonds is 4. The third-order valence-corrected chi connectivity index (χ3v) is 6.91. The van der Waals surface area contributed by atoms with E-state index < -0.39 is 21.9 Å². The summed E-state index contributed by atoms with van der Waals surface area (Å²) in [4.78, 5) is 22.0. The predicted molar refractivity (Wildman–Crippen MR) is 116 cm³/mol. The van der Waals surface area contributed by atoms with Gasteiger partial charge in [-0.1, -0.05) is 11.6 Å². The van der Waals surface area contributed by atoms with Crippen molar-refractivity contribution in [2.45, 2.75) is 0 Å². The normalized spacial score (nSPS) is 15.4. The van der Waals surface area contributed by atoms with E-state index in [1.807, 2.05) is 7.05 Å². The van der Waals surface area contributed by atoms with Gasteiger partial charge in [0.25, 0.3) is 5.91 Å². The number of likely N-dealkylation sites (N-methyl/N-ethyl adjacent to an activating group) is 1. The molecule has 0 atom stereocenters. The molecule has 3 aromatic rings. The average Bonchev–Trinajstić information content (AvgIpc) is 3.35. The van der Waals surface area contributed by atoms with Crippen LogP contribution >= 0.6 is 22.9 Å². The second-order valence-electron chi connectivity index (χ2n) is 6.49. The molecule has 0 aliphatic carbocycles. The number of thiazole rings is 1.